The largest absolute Gasteiger partial charge is 0.339 e. The number of amides is 1. The number of sulfone groups is 1. The fourth-order valence-corrected chi connectivity index (χ4v) is 10.3. The number of hydrogen-bond donors (Lipinski definition) is 0. The van der Waals surface area contributed by atoms with Crippen LogP contribution >= 0.6 is 11.8 Å². The summed E-state index contributed by atoms with van der Waals surface area (Å²) >= 11 is 6.46. The summed E-state index contributed by atoms with van der Waals surface area (Å²) in [7, 11) is -8.48. The van der Waals surface area contributed by atoms with Crippen molar-refractivity contribution in [3.05, 3.63) is 83.4 Å². The van der Waals surface area contributed by atoms with Crippen molar-refractivity contribution in [1.29, 1.82) is 0 Å². The second-order valence-electron chi connectivity index (χ2n) is 11.0. The van der Waals surface area contributed by atoms with Crippen LogP contribution in [0.1, 0.15) is 66.4 Å². The number of rotatable bonds is 4. The third kappa shape index (κ3) is 4.67. The van der Waals surface area contributed by atoms with Crippen molar-refractivity contribution in [2.45, 2.75) is 71.1 Å². The minimum Gasteiger partial charge on any atom is -0.339 e. The highest BCUT2D eigenvalue weighted by atomic mass is 35.5. The Labute approximate surface area is 244 Å². The molecular weight excluding hydrogens is 589 g/mol. The number of likely N-dealkylation sites (tertiary alicyclic amines) is 1. The predicted molar refractivity (Wildman–Crippen MR) is 150 cm³/mol. The molecule has 6 rings (SSSR count). The highest BCUT2D eigenvalue weighted by Crippen LogP contribution is 2.53. The normalized spacial score (nSPS) is 20.0. The maximum absolute atomic E-state index is 14.3. The molecule has 1 saturated carbocycles. The molecule has 0 bridgehead atoms. The first-order valence-corrected chi connectivity index (χ1v) is 16.9. The number of nitrogens with zero attached hydrogens (tertiary/aromatic N) is 3. The second-order valence-corrected chi connectivity index (χ2v) is 15.2. The molecule has 0 atom stereocenters. The fourth-order valence-electron chi connectivity index (χ4n) is 6.60. The van der Waals surface area contributed by atoms with Crippen LogP contribution in [0.15, 0.2) is 75.6 Å². The van der Waals surface area contributed by atoms with Crippen molar-refractivity contribution < 1.29 is 26.0 Å². The quantitative estimate of drug-likeness (QED) is 0.379. The number of sulfonamides is 1. The van der Waals surface area contributed by atoms with E-state index in [1.165, 1.54) is 30.6 Å². The number of aromatic nitrogens is 1. The molecule has 2 aromatic carbocycles. The maximum Gasteiger partial charge on any atom is 0.256 e. The molecule has 12 heteroatoms. The molecule has 0 radical (unpaired) electrons. The van der Waals surface area contributed by atoms with E-state index < -0.39 is 37.1 Å². The van der Waals surface area contributed by atoms with Gasteiger partial charge in [-0.3, -0.25) is 9.78 Å². The predicted octanol–water partition coefficient (Wildman–Crippen LogP) is 5.07. The zero-order valence-electron chi connectivity index (χ0n) is 22.2. The first kappa shape index (κ1) is 28.3. The lowest BCUT2D eigenvalue weighted by Crippen LogP contribution is -2.45. The monoisotopic (exact) mass is 617 g/mol. The van der Waals surface area contributed by atoms with Gasteiger partial charge in [-0.25, -0.2) is 21.2 Å². The van der Waals surface area contributed by atoms with Gasteiger partial charge < -0.3 is 4.90 Å². The molecule has 41 heavy (non-hydrogen) atoms. The number of carbonyl (C=O) groups excluding carboxylic acids is 1. The van der Waals surface area contributed by atoms with Gasteiger partial charge in [-0.2, -0.15) is 0 Å². The lowest BCUT2D eigenvalue weighted by atomic mass is 9.65. The highest BCUT2D eigenvalue weighted by Gasteiger charge is 2.47. The van der Waals surface area contributed by atoms with Gasteiger partial charge in [0.05, 0.1) is 14.7 Å². The van der Waals surface area contributed by atoms with Crippen LogP contribution < -0.4 is 0 Å². The van der Waals surface area contributed by atoms with E-state index in [-0.39, 0.29) is 20.6 Å². The van der Waals surface area contributed by atoms with Crippen molar-refractivity contribution in [1.82, 2.24) is 13.7 Å². The minimum absolute atomic E-state index is 0.101. The molecular formula is C29H29ClFN3O5S2. The van der Waals surface area contributed by atoms with E-state index in [0.717, 1.165) is 29.2 Å². The zero-order valence-corrected chi connectivity index (χ0v) is 24.6. The second kappa shape index (κ2) is 10.4. The van der Waals surface area contributed by atoms with E-state index in [0.29, 0.717) is 55.5 Å². The molecule has 1 amide bonds. The van der Waals surface area contributed by atoms with Gasteiger partial charge in [0.25, 0.3) is 15.9 Å². The van der Waals surface area contributed by atoms with E-state index in [1.54, 1.807) is 29.2 Å². The summed E-state index contributed by atoms with van der Waals surface area (Å²) < 4.78 is 70.0. The SMILES string of the molecule is O=C(c1ccncc1)N1CCC(N(Cl)S(=O)(=O)c2ccc3c(c2)S(=O)(=O)c2cc(F)ccc2C32CCCCC2)CC1. The maximum atomic E-state index is 14.3. The average molecular weight is 618 g/mol. The number of piperidine rings is 1. The Morgan fingerprint density at radius 1 is 0.951 bits per heavy atom. The van der Waals surface area contributed by atoms with Gasteiger partial charge >= 0.3 is 0 Å². The van der Waals surface area contributed by atoms with Crippen LogP contribution in [0.5, 0.6) is 0 Å². The van der Waals surface area contributed by atoms with Crippen molar-refractivity contribution in [2.24, 2.45) is 0 Å². The van der Waals surface area contributed by atoms with Crippen molar-refractivity contribution in [3.8, 4) is 0 Å². The third-order valence-electron chi connectivity index (χ3n) is 8.71. The minimum atomic E-state index is -4.29. The molecule has 0 N–H and O–H groups in total. The van der Waals surface area contributed by atoms with Crippen LogP contribution in [0, 0.1) is 5.82 Å². The van der Waals surface area contributed by atoms with Crippen LogP contribution in [-0.4, -0.2) is 55.6 Å². The Morgan fingerprint density at radius 2 is 1.56 bits per heavy atom. The van der Waals surface area contributed by atoms with Gasteiger partial charge in [-0.05, 0) is 85.0 Å². The van der Waals surface area contributed by atoms with Gasteiger partial charge in [0.2, 0.25) is 9.84 Å². The Morgan fingerprint density at radius 3 is 2.22 bits per heavy atom. The number of carbonyl (C=O) groups is 1. The van der Waals surface area contributed by atoms with Gasteiger partial charge in [0.1, 0.15) is 5.82 Å². The summed E-state index contributed by atoms with van der Waals surface area (Å²) in [5.74, 6) is -0.825. The molecule has 8 nitrogen and oxygen atoms in total. The van der Waals surface area contributed by atoms with Gasteiger partial charge in [-0.15, -0.1) is 3.82 Å². The smallest absolute Gasteiger partial charge is 0.256 e. The molecule has 1 spiro atoms. The molecule has 2 aliphatic heterocycles. The van der Waals surface area contributed by atoms with Crippen LogP contribution in [0.2, 0.25) is 0 Å². The van der Waals surface area contributed by atoms with Gasteiger partial charge in [-0.1, -0.05) is 31.4 Å². The third-order valence-corrected chi connectivity index (χ3v) is 13.0. The number of halogens is 2. The molecule has 1 aliphatic carbocycles. The topological polar surface area (TPSA) is 105 Å². The van der Waals surface area contributed by atoms with Crippen molar-refractivity contribution >= 4 is 37.5 Å². The van der Waals surface area contributed by atoms with E-state index in [9.17, 15) is 26.0 Å². The summed E-state index contributed by atoms with van der Waals surface area (Å²) in [5.41, 5.74) is 1.01. The standard InChI is InChI=1S/C29H29ClFN3O5S2/c30-34(22-10-16-33(17-11-22)28(35)20-8-14-32-15-9-20)41(38,39)23-5-7-25-27(19-23)40(36,37)26-18-21(31)4-6-24(26)29(25)12-2-1-3-13-29/h4-9,14-15,18-19,22H,1-3,10-13,16-17H2. The van der Waals surface area contributed by atoms with E-state index in [1.807, 2.05) is 0 Å². The summed E-state index contributed by atoms with van der Waals surface area (Å²) in [6, 6.07) is 10.8. The molecule has 1 saturated heterocycles. The molecule has 3 heterocycles. The number of fused-ring (bicyclic) bond motifs is 4. The van der Waals surface area contributed by atoms with Crippen molar-refractivity contribution in [2.75, 3.05) is 13.1 Å². The van der Waals surface area contributed by atoms with Crippen molar-refractivity contribution in [3.63, 3.8) is 0 Å². The van der Waals surface area contributed by atoms with E-state index >= 15 is 0 Å². The van der Waals surface area contributed by atoms with E-state index in [2.05, 4.69) is 4.98 Å². The molecule has 216 valence electrons. The van der Waals surface area contributed by atoms with Gasteiger partial charge in [0, 0.05) is 42.5 Å². The Kier molecular flexibility index (Phi) is 7.20. The van der Waals surface area contributed by atoms with Crippen LogP contribution in [0.4, 0.5) is 4.39 Å². The van der Waals surface area contributed by atoms with Crippen LogP contribution in [0.25, 0.3) is 0 Å². The molecule has 3 aromatic rings. The average Bonchev–Trinajstić information content (AvgIpc) is 3.00. The lowest BCUT2D eigenvalue weighted by molar-refractivity contribution is 0.0697. The number of benzene rings is 2. The molecule has 3 aliphatic rings. The Hall–Kier alpha value is -2.86. The summed E-state index contributed by atoms with van der Waals surface area (Å²) in [4.78, 5) is 17.9. The summed E-state index contributed by atoms with van der Waals surface area (Å²) in [6.45, 7) is 0.627. The van der Waals surface area contributed by atoms with Crippen LogP contribution in [0.3, 0.4) is 0 Å². The number of hydrogen-bond acceptors (Lipinski definition) is 6. The molecule has 2 fully saturated rings. The first-order chi connectivity index (χ1) is 19.6. The highest BCUT2D eigenvalue weighted by molar-refractivity contribution is 7.92. The lowest BCUT2D eigenvalue weighted by Gasteiger charge is -2.43. The Bertz CT molecular complexity index is 1720. The molecule has 1 aromatic heterocycles. The van der Waals surface area contributed by atoms with Crippen LogP contribution in [-0.2, 0) is 25.3 Å². The Balaban J connectivity index is 1.30. The van der Waals surface area contributed by atoms with E-state index in [4.69, 9.17) is 11.8 Å². The summed E-state index contributed by atoms with van der Waals surface area (Å²) in [5, 5.41) is 0. The number of pyridine rings is 1. The molecule has 0 unspecified atom stereocenters. The zero-order chi connectivity index (χ0) is 29.0. The summed E-state index contributed by atoms with van der Waals surface area (Å²) in [6.07, 6.45) is 7.88. The fraction of sp³-hybridized carbons (Fsp3) is 0.379. The first-order valence-electron chi connectivity index (χ1n) is 13.6. The van der Waals surface area contributed by atoms with Gasteiger partial charge in [0.15, 0.2) is 0 Å².